The summed E-state index contributed by atoms with van der Waals surface area (Å²) in [6.07, 6.45) is 0.341. The number of hydrogen-bond acceptors (Lipinski definition) is 4. The monoisotopic (exact) mass is 382 g/mol. The van der Waals surface area contributed by atoms with Crippen LogP contribution in [0.4, 0.5) is 5.82 Å². The molecule has 7 nitrogen and oxygen atoms in total. The van der Waals surface area contributed by atoms with Crippen molar-refractivity contribution in [3.8, 4) is 12.0 Å². The van der Waals surface area contributed by atoms with Gasteiger partial charge in [-0.25, -0.2) is 4.98 Å². The lowest BCUT2D eigenvalue weighted by Crippen LogP contribution is -2.25. The van der Waals surface area contributed by atoms with Gasteiger partial charge in [0.05, 0.1) is 28.4 Å². The van der Waals surface area contributed by atoms with Gasteiger partial charge < -0.3 is 9.88 Å². The molecule has 1 N–H and O–H groups in total. The summed E-state index contributed by atoms with van der Waals surface area (Å²) in [6.45, 7) is 1.95. The van der Waals surface area contributed by atoms with E-state index in [1.807, 2.05) is 54.9 Å². The summed E-state index contributed by atoms with van der Waals surface area (Å²) in [7, 11) is 1.94. The predicted octanol–water partition coefficient (Wildman–Crippen LogP) is 3.41. The molecule has 0 fully saturated rings. The number of hydrogen-bond donors (Lipinski definition) is 1. The zero-order valence-corrected chi connectivity index (χ0v) is 16.0. The van der Waals surface area contributed by atoms with Gasteiger partial charge in [0.25, 0.3) is 0 Å². The number of nitrogens with zero attached hydrogens (tertiary/aromatic N) is 5. The van der Waals surface area contributed by atoms with Crippen LogP contribution in [0.15, 0.2) is 48.5 Å². The summed E-state index contributed by atoms with van der Waals surface area (Å²) in [4.78, 5) is 17.3. The van der Waals surface area contributed by atoms with Gasteiger partial charge in [-0.3, -0.25) is 4.79 Å². The number of benzene rings is 2. The van der Waals surface area contributed by atoms with Crippen LogP contribution in [-0.2, 0) is 11.8 Å². The molecular weight excluding hydrogens is 364 g/mol. The lowest BCUT2D eigenvalue weighted by molar-refractivity contribution is -0.116. The molecule has 0 bridgehead atoms. The third-order valence-electron chi connectivity index (χ3n) is 5.50. The highest BCUT2D eigenvalue weighted by molar-refractivity contribution is 5.95. The molecule has 0 saturated carbocycles. The van der Waals surface area contributed by atoms with Crippen molar-refractivity contribution in [3.63, 3.8) is 0 Å². The average molecular weight is 382 g/mol. The molecule has 5 rings (SSSR count). The van der Waals surface area contributed by atoms with E-state index >= 15 is 0 Å². The Morgan fingerprint density at radius 1 is 1.17 bits per heavy atom. The minimum Gasteiger partial charge on any atom is -0.311 e. The van der Waals surface area contributed by atoms with E-state index in [1.54, 1.807) is 16.8 Å². The minimum atomic E-state index is -0.116. The second kappa shape index (κ2) is 6.31. The maximum atomic E-state index is 12.6. The van der Waals surface area contributed by atoms with Gasteiger partial charge in [0.1, 0.15) is 5.82 Å². The van der Waals surface area contributed by atoms with E-state index in [4.69, 9.17) is 15.3 Å². The van der Waals surface area contributed by atoms with Crippen molar-refractivity contribution < 1.29 is 4.79 Å². The highest BCUT2D eigenvalue weighted by Crippen LogP contribution is 2.40. The zero-order valence-electron chi connectivity index (χ0n) is 16.0. The van der Waals surface area contributed by atoms with E-state index in [1.165, 1.54) is 0 Å². The Bertz CT molecular complexity index is 1310. The normalized spacial score (nSPS) is 15.8. The Labute approximate surface area is 167 Å². The van der Waals surface area contributed by atoms with Crippen molar-refractivity contribution in [1.29, 1.82) is 5.26 Å². The molecule has 2 aromatic heterocycles. The van der Waals surface area contributed by atoms with Crippen LogP contribution in [0.1, 0.15) is 34.7 Å². The standard InChI is InChI=1S/C22H18N6O/c1-13-20-16(15-9-7-14(12-23)8-10-15)11-19(29)25-21(20)28(26-13)22-24-17-5-3-4-6-18(17)27(22)2/h3-10,16H,11H2,1-2H3,(H,25,29)/t16-/m1/s1. The van der Waals surface area contributed by atoms with E-state index in [0.29, 0.717) is 23.8 Å². The predicted molar refractivity (Wildman–Crippen MR) is 109 cm³/mol. The molecule has 0 radical (unpaired) electrons. The van der Waals surface area contributed by atoms with Crippen molar-refractivity contribution >= 4 is 22.8 Å². The molecule has 4 aromatic rings. The van der Waals surface area contributed by atoms with Crippen LogP contribution in [0.2, 0.25) is 0 Å². The van der Waals surface area contributed by atoms with Gasteiger partial charge in [0, 0.05) is 24.9 Å². The Hall–Kier alpha value is -3.92. The van der Waals surface area contributed by atoms with Crippen molar-refractivity contribution in [3.05, 3.63) is 70.9 Å². The number of aromatic nitrogens is 4. The fourth-order valence-electron chi connectivity index (χ4n) is 4.09. The van der Waals surface area contributed by atoms with Crippen LogP contribution in [0.25, 0.3) is 17.0 Å². The summed E-state index contributed by atoms with van der Waals surface area (Å²) >= 11 is 0. The van der Waals surface area contributed by atoms with Gasteiger partial charge in [0.2, 0.25) is 11.9 Å². The van der Waals surface area contributed by atoms with Crippen LogP contribution in [0, 0.1) is 18.3 Å². The molecule has 0 saturated heterocycles. The van der Waals surface area contributed by atoms with E-state index in [-0.39, 0.29) is 11.8 Å². The smallest absolute Gasteiger partial charge is 0.233 e. The first-order valence-corrected chi connectivity index (χ1v) is 9.38. The van der Waals surface area contributed by atoms with E-state index in [0.717, 1.165) is 27.9 Å². The quantitative estimate of drug-likeness (QED) is 0.575. The third-order valence-corrected chi connectivity index (χ3v) is 5.50. The molecule has 1 aliphatic rings. The highest BCUT2D eigenvalue weighted by atomic mass is 16.1. The van der Waals surface area contributed by atoms with Gasteiger partial charge in [0.15, 0.2) is 0 Å². The molecule has 1 amide bonds. The summed E-state index contributed by atoms with van der Waals surface area (Å²) in [5.74, 6) is 1.13. The molecule has 1 atom stereocenters. The number of rotatable bonds is 2. The van der Waals surface area contributed by atoms with Crippen molar-refractivity contribution in [2.45, 2.75) is 19.3 Å². The number of amides is 1. The number of nitriles is 1. The van der Waals surface area contributed by atoms with Crippen LogP contribution in [0.3, 0.4) is 0 Å². The van der Waals surface area contributed by atoms with Gasteiger partial charge >= 0.3 is 0 Å². The fraction of sp³-hybridized carbons (Fsp3) is 0.182. The first-order chi connectivity index (χ1) is 14.1. The van der Waals surface area contributed by atoms with Gasteiger partial charge in [-0.15, -0.1) is 0 Å². The van der Waals surface area contributed by atoms with E-state index in [9.17, 15) is 4.79 Å². The molecule has 3 heterocycles. The molecule has 0 aliphatic carbocycles. The highest BCUT2D eigenvalue weighted by Gasteiger charge is 2.33. The molecule has 142 valence electrons. The van der Waals surface area contributed by atoms with Gasteiger partial charge in [-0.2, -0.15) is 15.0 Å². The van der Waals surface area contributed by atoms with Crippen LogP contribution in [0.5, 0.6) is 0 Å². The van der Waals surface area contributed by atoms with Crippen molar-refractivity contribution in [2.24, 2.45) is 7.05 Å². The first-order valence-electron chi connectivity index (χ1n) is 9.38. The molecule has 0 spiro atoms. The maximum Gasteiger partial charge on any atom is 0.233 e. The van der Waals surface area contributed by atoms with E-state index < -0.39 is 0 Å². The second-order valence-electron chi connectivity index (χ2n) is 7.26. The Morgan fingerprint density at radius 3 is 2.66 bits per heavy atom. The number of carbonyl (C=O) groups excluding carboxylic acids is 1. The molecule has 7 heteroatoms. The second-order valence-corrected chi connectivity index (χ2v) is 7.26. The minimum absolute atomic E-state index is 0.0632. The van der Waals surface area contributed by atoms with Crippen LogP contribution in [-0.4, -0.2) is 25.2 Å². The number of fused-ring (bicyclic) bond motifs is 2. The number of imidazole rings is 1. The zero-order chi connectivity index (χ0) is 20.1. The fourth-order valence-corrected chi connectivity index (χ4v) is 4.09. The van der Waals surface area contributed by atoms with E-state index in [2.05, 4.69) is 11.4 Å². The van der Waals surface area contributed by atoms with Gasteiger partial charge in [-0.1, -0.05) is 24.3 Å². The van der Waals surface area contributed by atoms with Crippen molar-refractivity contribution in [1.82, 2.24) is 19.3 Å². The largest absolute Gasteiger partial charge is 0.311 e. The average Bonchev–Trinajstić information content (AvgIpc) is 3.24. The van der Waals surface area contributed by atoms with Crippen molar-refractivity contribution in [2.75, 3.05) is 5.32 Å². The molecule has 29 heavy (non-hydrogen) atoms. The Morgan fingerprint density at radius 2 is 1.93 bits per heavy atom. The Balaban J connectivity index is 1.69. The SMILES string of the molecule is Cc1nn(-c2nc3ccccc3n2C)c2c1[C@@H](c1ccc(C#N)cc1)CC(=O)N2. The number of aryl methyl sites for hydroxylation is 2. The number of para-hydroxylation sites is 2. The number of nitrogens with one attached hydrogen (secondary N) is 1. The maximum absolute atomic E-state index is 12.6. The summed E-state index contributed by atoms with van der Waals surface area (Å²) in [5, 5.41) is 16.8. The summed E-state index contributed by atoms with van der Waals surface area (Å²) in [6, 6.07) is 17.4. The molecule has 2 aromatic carbocycles. The number of carbonyl (C=O) groups is 1. The lowest BCUT2D eigenvalue weighted by Gasteiger charge is -2.24. The Kier molecular flexibility index (Phi) is 3.74. The topological polar surface area (TPSA) is 88.5 Å². The van der Waals surface area contributed by atoms with Crippen LogP contribution < -0.4 is 5.32 Å². The third kappa shape index (κ3) is 2.61. The lowest BCUT2D eigenvalue weighted by atomic mass is 9.85. The molecular formula is C22H18N6O. The summed E-state index contributed by atoms with van der Waals surface area (Å²) in [5.41, 5.74) is 5.30. The molecule has 1 aliphatic heterocycles. The van der Waals surface area contributed by atoms with Gasteiger partial charge in [-0.05, 0) is 36.8 Å². The molecule has 0 unspecified atom stereocenters. The van der Waals surface area contributed by atoms with Crippen LogP contribution >= 0.6 is 0 Å². The number of anilines is 1. The first kappa shape index (κ1) is 17.2. The summed E-state index contributed by atoms with van der Waals surface area (Å²) < 4.78 is 3.69.